The highest BCUT2D eigenvalue weighted by Gasteiger charge is 2.20. The average molecular weight is 340 g/mol. The van der Waals surface area contributed by atoms with Gasteiger partial charge in [-0.05, 0) is 30.9 Å². The molecule has 0 saturated heterocycles. The van der Waals surface area contributed by atoms with Gasteiger partial charge in [0.1, 0.15) is 6.04 Å². The van der Waals surface area contributed by atoms with Crippen LogP contribution in [-0.2, 0) is 14.3 Å². The SMILES string of the molecule is CCOC(=O)C(CSCSC)NC(=O)C=Cc1cccnc1. The number of nitrogens with zero attached hydrogens (tertiary/aromatic N) is 1. The summed E-state index contributed by atoms with van der Waals surface area (Å²) >= 11 is 3.26. The Morgan fingerprint density at radius 3 is 2.95 bits per heavy atom. The second-order valence-corrected chi connectivity index (χ2v) is 6.47. The van der Waals surface area contributed by atoms with Gasteiger partial charge in [-0.15, -0.1) is 11.8 Å². The molecule has 0 fully saturated rings. The first-order valence-electron chi connectivity index (χ1n) is 6.79. The van der Waals surface area contributed by atoms with Gasteiger partial charge in [-0.25, -0.2) is 4.79 Å². The lowest BCUT2D eigenvalue weighted by molar-refractivity contribution is -0.146. The van der Waals surface area contributed by atoms with Gasteiger partial charge in [0, 0.05) is 29.3 Å². The molecule has 5 nitrogen and oxygen atoms in total. The zero-order valence-electron chi connectivity index (χ0n) is 12.7. The highest BCUT2D eigenvalue weighted by atomic mass is 32.2. The Hall–Kier alpha value is -1.47. The van der Waals surface area contributed by atoms with Gasteiger partial charge in [-0.2, -0.15) is 11.8 Å². The number of aromatic nitrogens is 1. The van der Waals surface area contributed by atoms with Gasteiger partial charge in [0.25, 0.3) is 0 Å². The van der Waals surface area contributed by atoms with Crippen LogP contribution in [0.1, 0.15) is 12.5 Å². The van der Waals surface area contributed by atoms with E-state index < -0.39 is 12.0 Å². The number of esters is 1. The van der Waals surface area contributed by atoms with Crippen LogP contribution in [0.4, 0.5) is 0 Å². The summed E-state index contributed by atoms with van der Waals surface area (Å²) in [6, 6.07) is 2.99. The molecule has 0 saturated carbocycles. The largest absolute Gasteiger partial charge is 0.464 e. The Morgan fingerprint density at radius 1 is 1.50 bits per heavy atom. The lowest BCUT2D eigenvalue weighted by Crippen LogP contribution is -2.43. The molecule has 120 valence electrons. The summed E-state index contributed by atoms with van der Waals surface area (Å²) in [6.07, 6.45) is 8.35. The third-order valence-corrected chi connectivity index (χ3v) is 4.66. The van der Waals surface area contributed by atoms with Crippen LogP contribution in [0.5, 0.6) is 0 Å². The van der Waals surface area contributed by atoms with Crippen molar-refractivity contribution in [3.63, 3.8) is 0 Å². The number of pyridine rings is 1. The first-order valence-corrected chi connectivity index (χ1v) is 9.34. The van der Waals surface area contributed by atoms with Crippen molar-refractivity contribution in [2.24, 2.45) is 0 Å². The fourth-order valence-corrected chi connectivity index (χ4v) is 3.03. The second kappa shape index (κ2) is 11.1. The van der Waals surface area contributed by atoms with Crippen molar-refractivity contribution in [2.75, 3.05) is 23.7 Å². The monoisotopic (exact) mass is 340 g/mol. The van der Waals surface area contributed by atoms with Crippen molar-refractivity contribution in [3.05, 3.63) is 36.2 Å². The molecular formula is C15H20N2O3S2. The molecule has 1 rings (SSSR count). The summed E-state index contributed by atoms with van der Waals surface area (Å²) in [7, 11) is 0. The van der Waals surface area contributed by atoms with Crippen LogP contribution >= 0.6 is 23.5 Å². The summed E-state index contributed by atoms with van der Waals surface area (Å²) < 4.78 is 4.99. The Labute approximate surface area is 139 Å². The molecule has 1 N–H and O–H groups in total. The van der Waals surface area contributed by atoms with E-state index in [1.54, 1.807) is 55.0 Å². The van der Waals surface area contributed by atoms with E-state index in [2.05, 4.69) is 10.3 Å². The quantitative estimate of drug-likeness (QED) is 0.322. The lowest BCUT2D eigenvalue weighted by atomic mass is 10.2. The maximum absolute atomic E-state index is 11.9. The normalized spacial score (nSPS) is 12.1. The number of carbonyl (C=O) groups excluding carboxylic acids is 2. The van der Waals surface area contributed by atoms with Crippen molar-refractivity contribution in [3.8, 4) is 0 Å². The molecule has 1 heterocycles. The van der Waals surface area contributed by atoms with Crippen LogP contribution in [0.25, 0.3) is 6.08 Å². The number of nitrogens with one attached hydrogen (secondary N) is 1. The molecule has 1 amide bonds. The minimum absolute atomic E-state index is 0.296. The molecular weight excluding hydrogens is 320 g/mol. The van der Waals surface area contributed by atoms with Crippen molar-refractivity contribution >= 4 is 41.5 Å². The van der Waals surface area contributed by atoms with E-state index in [0.29, 0.717) is 12.4 Å². The average Bonchev–Trinajstić information content (AvgIpc) is 2.53. The highest BCUT2D eigenvalue weighted by Crippen LogP contribution is 2.11. The van der Waals surface area contributed by atoms with Crippen LogP contribution in [0.15, 0.2) is 30.6 Å². The van der Waals surface area contributed by atoms with Crippen LogP contribution in [0.3, 0.4) is 0 Å². The predicted molar refractivity (Wildman–Crippen MR) is 92.7 cm³/mol. The van der Waals surface area contributed by atoms with Crippen LogP contribution < -0.4 is 5.32 Å². The summed E-state index contributed by atoms with van der Waals surface area (Å²) in [5, 5.41) is 3.54. The third-order valence-electron chi connectivity index (χ3n) is 2.48. The molecule has 1 aromatic rings. The molecule has 1 aromatic heterocycles. The van der Waals surface area contributed by atoms with Crippen molar-refractivity contribution in [1.29, 1.82) is 0 Å². The Bertz CT molecular complexity index is 495. The van der Waals surface area contributed by atoms with Gasteiger partial charge in [-0.1, -0.05) is 6.07 Å². The number of amides is 1. The topological polar surface area (TPSA) is 68.3 Å². The summed E-state index contributed by atoms with van der Waals surface area (Å²) in [5.74, 6) is -0.238. The van der Waals surface area contributed by atoms with Gasteiger partial charge >= 0.3 is 5.97 Å². The number of rotatable bonds is 9. The maximum Gasteiger partial charge on any atom is 0.329 e. The number of carbonyl (C=O) groups is 2. The summed E-state index contributed by atoms with van der Waals surface area (Å²) in [4.78, 5) is 27.7. The molecule has 0 aliphatic carbocycles. The Balaban J connectivity index is 2.57. The van der Waals surface area contributed by atoms with E-state index in [1.807, 2.05) is 12.3 Å². The zero-order valence-corrected chi connectivity index (χ0v) is 14.3. The smallest absolute Gasteiger partial charge is 0.329 e. The first-order chi connectivity index (χ1) is 10.7. The molecule has 0 aliphatic heterocycles. The van der Waals surface area contributed by atoms with E-state index >= 15 is 0 Å². The van der Waals surface area contributed by atoms with Crippen molar-refractivity contribution in [2.45, 2.75) is 13.0 Å². The van der Waals surface area contributed by atoms with Gasteiger partial charge in [-0.3, -0.25) is 9.78 Å². The van der Waals surface area contributed by atoms with Crippen LogP contribution in [0.2, 0.25) is 0 Å². The number of hydrogen-bond acceptors (Lipinski definition) is 6. The van der Waals surface area contributed by atoms with E-state index in [0.717, 1.165) is 10.6 Å². The number of ether oxygens (including phenoxy) is 1. The fourth-order valence-electron chi connectivity index (χ4n) is 1.53. The Morgan fingerprint density at radius 2 is 2.32 bits per heavy atom. The van der Waals surface area contributed by atoms with Gasteiger partial charge in [0.15, 0.2) is 0 Å². The fraction of sp³-hybridized carbons (Fsp3) is 0.400. The maximum atomic E-state index is 11.9. The highest BCUT2D eigenvalue weighted by molar-refractivity contribution is 8.15. The molecule has 1 unspecified atom stereocenters. The molecule has 1 atom stereocenters. The molecule has 0 bridgehead atoms. The summed E-state index contributed by atoms with van der Waals surface area (Å²) in [5.41, 5.74) is 0.821. The third kappa shape index (κ3) is 7.51. The molecule has 22 heavy (non-hydrogen) atoms. The minimum Gasteiger partial charge on any atom is -0.464 e. The van der Waals surface area contributed by atoms with Gasteiger partial charge < -0.3 is 10.1 Å². The molecule has 0 aromatic carbocycles. The van der Waals surface area contributed by atoms with Gasteiger partial charge in [0.05, 0.1) is 6.61 Å². The molecule has 0 spiro atoms. The summed E-state index contributed by atoms with van der Waals surface area (Å²) in [6.45, 7) is 2.04. The van der Waals surface area contributed by atoms with E-state index in [-0.39, 0.29) is 5.91 Å². The van der Waals surface area contributed by atoms with E-state index in [4.69, 9.17) is 4.74 Å². The van der Waals surface area contributed by atoms with E-state index in [1.165, 1.54) is 6.08 Å². The Kier molecular flexibility index (Phi) is 9.41. The zero-order chi connectivity index (χ0) is 16.2. The van der Waals surface area contributed by atoms with Crippen molar-refractivity contribution in [1.82, 2.24) is 10.3 Å². The standard InChI is InChI=1S/C15H20N2O3S2/c1-3-20-15(19)13(10-22-11-21-2)17-14(18)7-6-12-5-4-8-16-9-12/h4-9,13H,3,10-11H2,1-2H3,(H,17,18). The second-order valence-electron chi connectivity index (χ2n) is 4.21. The van der Waals surface area contributed by atoms with Crippen LogP contribution in [0, 0.1) is 0 Å². The number of thioether (sulfide) groups is 2. The van der Waals surface area contributed by atoms with Crippen molar-refractivity contribution < 1.29 is 14.3 Å². The van der Waals surface area contributed by atoms with Gasteiger partial charge in [0.2, 0.25) is 5.91 Å². The first kappa shape index (κ1) is 18.6. The molecule has 0 aliphatic rings. The minimum atomic E-state index is -0.636. The lowest BCUT2D eigenvalue weighted by Gasteiger charge is -2.15. The van der Waals surface area contributed by atoms with Crippen LogP contribution in [-0.4, -0.2) is 46.6 Å². The van der Waals surface area contributed by atoms with E-state index in [9.17, 15) is 9.59 Å². The number of hydrogen-bond donors (Lipinski definition) is 1. The molecule has 0 radical (unpaired) electrons. The molecule has 7 heteroatoms. The predicted octanol–water partition coefficient (Wildman–Crippen LogP) is 2.20.